The number of rotatable bonds is 7. The molecule has 4 heteroatoms. The molecule has 0 saturated carbocycles. The second-order valence-corrected chi connectivity index (χ2v) is 5.57. The van der Waals surface area contributed by atoms with E-state index in [1.165, 1.54) is 0 Å². The maximum Gasteiger partial charge on any atom is 0.338 e. The first kappa shape index (κ1) is 16.9. The number of ketones is 1. The third-order valence-electron chi connectivity index (χ3n) is 3.40. The summed E-state index contributed by atoms with van der Waals surface area (Å²) >= 11 is 0. The monoisotopic (exact) mass is 311 g/mol. The molecule has 0 heterocycles. The number of hydrogen-bond acceptors (Lipinski definition) is 4. The van der Waals surface area contributed by atoms with E-state index in [0.717, 1.165) is 13.0 Å². The Balaban J connectivity index is 1.94. The van der Waals surface area contributed by atoms with Gasteiger partial charge in [-0.25, -0.2) is 4.79 Å². The minimum absolute atomic E-state index is 0.0588. The molecular weight excluding hydrogens is 290 g/mol. The van der Waals surface area contributed by atoms with E-state index in [1.54, 1.807) is 36.4 Å². The lowest BCUT2D eigenvalue weighted by Crippen LogP contribution is -2.16. The highest BCUT2D eigenvalue weighted by Gasteiger charge is 2.11. The van der Waals surface area contributed by atoms with E-state index in [9.17, 15) is 9.59 Å². The number of hydrogen-bond donors (Lipinski definition) is 0. The van der Waals surface area contributed by atoms with Crippen LogP contribution >= 0.6 is 0 Å². The predicted octanol–water partition coefficient (Wildman–Crippen LogP) is 3.03. The van der Waals surface area contributed by atoms with Crippen LogP contribution in [0.25, 0.3) is 0 Å². The molecule has 2 aromatic rings. The maximum atomic E-state index is 12.3. The van der Waals surface area contributed by atoms with Crippen molar-refractivity contribution in [2.75, 3.05) is 27.2 Å². The first-order valence-electron chi connectivity index (χ1n) is 7.59. The zero-order chi connectivity index (χ0) is 16.7. The van der Waals surface area contributed by atoms with Gasteiger partial charge in [-0.05, 0) is 32.6 Å². The average molecular weight is 311 g/mol. The van der Waals surface area contributed by atoms with Gasteiger partial charge in [-0.2, -0.15) is 0 Å². The summed E-state index contributed by atoms with van der Waals surface area (Å²) in [5, 5.41) is 0. The molecule has 4 nitrogen and oxygen atoms in total. The predicted molar refractivity (Wildman–Crippen MR) is 89.8 cm³/mol. The SMILES string of the molecule is CN(C)CCCOC(=O)c1ccc(C(=O)c2ccccc2)cc1. The number of nitrogens with zero attached hydrogens (tertiary/aromatic N) is 1. The van der Waals surface area contributed by atoms with E-state index in [-0.39, 0.29) is 11.8 Å². The van der Waals surface area contributed by atoms with Gasteiger partial charge in [0.1, 0.15) is 0 Å². The topological polar surface area (TPSA) is 46.6 Å². The molecule has 0 atom stereocenters. The normalized spacial score (nSPS) is 10.6. The van der Waals surface area contributed by atoms with Crippen LogP contribution in [0.3, 0.4) is 0 Å². The number of carbonyl (C=O) groups excluding carboxylic acids is 2. The van der Waals surface area contributed by atoms with Crippen LogP contribution in [-0.4, -0.2) is 43.9 Å². The molecule has 0 aliphatic carbocycles. The van der Waals surface area contributed by atoms with Gasteiger partial charge in [0.15, 0.2) is 5.78 Å². The molecule has 0 bridgehead atoms. The van der Waals surface area contributed by atoms with Gasteiger partial charge in [0.05, 0.1) is 12.2 Å². The molecule has 0 saturated heterocycles. The fourth-order valence-corrected chi connectivity index (χ4v) is 2.14. The van der Waals surface area contributed by atoms with Crippen LogP contribution < -0.4 is 0 Å². The summed E-state index contributed by atoms with van der Waals surface area (Å²) < 4.78 is 5.21. The van der Waals surface area contributed by atoms with Crippen molar-refractivity contribution in [3.63, 3.8) is 0 Å². The van der Waals surface area contributed by atoms with Crippen molar-refractivity contribution in [3.05, 3.63) is 71.3 Å². The van der Waals surface area contributed by atoms with Gasteiger partial charge in [-0.3, -0.25) is 4.79 Å². The highest BCUT2D eigenvalue weighted by molar-refractivity contribution is 6.09. The average Bonchev–Trinajstić information content (AvgIpc) is 2.58. The van der Waals surface area contributed by atoms with E-state index in [4.69, 9.17) is 4.74 Å². The Morgan fingerprint density at radius 1 is 0.870 bits per heavy atom. The summed E-state index contributed by atoms with van der Waals surface area (Å²) in [7, 11) is 3.95. The van der Waals surface area contributed by atoms with Crippen LogP contribution in [-0.2, 0) is 4.74 Å². The third-order valence-corrected chi connectivity index (χ3v) is 3.40. The van der Waals surface area contributed by atoms with Gasteiger partial charge in [0.2, 0.25) is 0 Å². The van der Waals surface area contributed by atoms with Gasteiger partial charge in [0, 0.05) is 17.7 Å². The molecule has 0 aliphatic heterocycles. The summed E-state index contributed by atoms with van der Waals surface area (Å²) in [6, 6.07) is 15.6. The fraction of sp³-hybridized carbons (Fsp3) is 0.263. The first-order chi connectivity index (χ1) is 11.1. The smallest absolute Gasteiger partial charge is 0.338 e. The van der Waals surface area contributed by atoms with E-state index >= 15 is 0 Å². The van der Waals surface area contributed by atoms with Crippen molar-refractivity contribution in [3.8, 4) is 0 Å². The molecular formula is C19H21NO3. The summed E-state index contributed by atoms with van der Waals surface area (Å²) in [5.74, 6) is -0.418. The maximum absolute atomic E-state index is 12.3. The lowest BCUT2D eigenvalue weighted by atomic mass is 10.0. The summed E-state index contributed by atoms with van der Waals surface area (Å²) in [5.41, 5.74) is 1.64. The zero-order valence-electron chi connectivity index (χ0n) is 13.5. The molecule has 0 amide bonds. The Bertz CT molecular complexity index is 648. The summed E-state index contributed by atoms with van der Waals surface area (Å²) in [6.07, 6.45) is 0.795. The molecule has 0 aliphatic rings. The van der Waals surface area contributed by atoms with Crippen molar-refractivity contribution < 1.29 is 14.3 Å². The van der Waals surface area contributed by atoms with E-state index in [0.29, 0.717) is 23.3 Å². The third kappa shape index (κ3) is 5.04. The van der Waals surface area contributed by atoms with Crippen molar-refractivity contribution >= 4 is 11.8 Å². The van der Waals surface area contributed by atoms with Crippen LogP contribution in [0.2, 0.25) is 0 Å². The molecule has 120 valence electrons. The Morgan fingerprint density at radius 3 is 2.04 bits per heavy atom. The van der Waals surface area contributed by atoms with Gasteiger partial charge >= 0.3 is 5.97 Å². The lowest BCUT2D eigenvalue weighted by Gasteiger charge is -2.09. The molecule has 2 aromatic carbocycles. The summed E-state index contributed by atoms with van der Waals surface area (Å²) in [4.78, 5) is 26.2. The van der Waals surface area contributed by atoms with Crippen molar-refractivity contribution in [2.45, 2.75) is 6.42 Å². The molecule has 0 unspecified atom stereocenters. The Kier molecular flexibility index (Phi) is 6.06. The van der Waals surface area contributed by atoms with Gasteiger partial charge in [-0.15, -0.1) is 0 Å². The Labute approximate surface area is 136 Å². The number of benzene rings is 2. The zero-order valence-corrected chi connectivity index (χ0v) is 13.5. The highest BCUT2D eigenvalue weighted by Crippen LogP contribution is 2.12. The molecule has 0 fully saturated rings. The minimum atomic E-state index is -0.359. The van der Waals surface area contributed by atoms with Crippen LogP contribution in [0.15, 0.2) is 54.6 Å². The second kappa shape index (κ2) is 8.25. The van der Waals surface area contributed by atoms with Crippen LogP contribution in [0, 0.1) is 0 Å². The van der Waals surface area contributed by atoms with E-state index in [1.807, 2.05) is 37.2 Å². The number of ether oxygens (including phenoxy) is 1. The van der Waals surface area contributed by atoms with Gasteiger partial charge < -0.3 is 9.64 Å². The van der Waals surface area contributed by atoms with Crippen LogP contribution in [0.1, 0.15) is 32.7 Å². The highest BCUT2D eigenvalue weighted by atomic mass is 16.5. The van der Waals surface area contributed by atoms with E-state index in [2.05, 4.69) is 0 Å². The summed E-state index contributed by atoms with van der Waals surface area (Å²) in [6.45, 7) is 1.26. The van der Waals surface area contributed by atoms with Crippen molar-refractivity contribution in [2.24, 2.45) is 0 Å². The number of esters is 1. The first-order valence-corrected chi connectivity index (χ1v) is 7.59. The largest absolute Gasteiger partial charge is 0.462 e. The van der Waals surface area contributed by atoms with Crippen molar-refractivity contribution in [1.82, 2.24) is 4.90 Å². The van der Waals surface area contributed by atoms with E-state index < -0.39 is 0 Å². The molecule has 23 heavy (non-hydrogen) atoms. The molecule has 0 aromatic heterocycles. The quantitative estimate of drug-likeness (QED) is 0.448. The Hall–Kier alpha value is -2.46. The fourth-order valence-electron chi connectivity index (χ4n) is 2.14. The Morgan fingerprint density at radius 2 is 1.43 bits per heavy atom. The van der Waals surface area contributed by atoms with Gasteiger partial charge in [0.25, 0.3) is 0 Å². The molecule has 0 N–H and O–H groups in total. The van der Waals surface area contributed by atoms with Crippen LogP contribution in [0.4, 0.5) is 0 Å². The second-order valence-electron chi connectivity index (χ2n) is 5.57. The molecule has 0 spiro atoms. The van der Waals surface area contributed by atoms with Crippen molar-refractivity contribution in [1.29, 1.82) is 0 Å². The lowest BCUT2D eigenvalue weighted by molar-refractivity contribution is 0.0493. The van der Waals surface area contributed by atoms with Gasteiger partial charge in [-0.1, -0.05) is 42.5 Å². The minimum Gasteiger partial charge on any atom is -0.462 e. The molecule has 2 rings (SSSR count). The molecule has 0 radical (unpaired) electrons. The van der Waals surface area contributed by atoms with Crippen LogP contribution in [0.5, 0.6) is 0 Å². The number of carbonyl (C=O) groups is 2. The standard InChI is InChI=1S/C19H21NO3/c1-20(2)13-6-14-23-19(22)17-11-9-16(10-12-17)18(21)15-7-4-3-5-8-15/h3-5,7-12H,6,13-14H2,1-2H3.